The molecule has 1 saturated carbocycles. The van der Waals surface area contributed by atoms with Gasteiger partial charge >= 0.3 is 0 Å². The average molecular weight is 418 g/mol. The lowest BCUT2D eigenvalue weighted by atomic mass is 9.96. The van der Waals surface area contributed by atoms with Crippen molar-refractivity contribution in [2.45, 2.75) is 38.1 Å². The van der Waals surface area contributed by atoms with Gasteiger partial charge in [0.05, 0.1) is 10.7 Å². The van der Waals surface area contributed by atoms with Crippen molar-refractivity contribution >= 4 is 45.8 Å². The highest BCUT2D eigenvalue weighted by atomic mass is 127. The Kier molecular flexibility index (Phi) is 6.22. The molecule has 6 heteroatoms. The number of nitrogens with one attached hydrogen (secondary N) is 2. The number of benzene rings is 1. The van der Waals surface area contributed by atoms with Gasteiger partial charge in [-0.2, -0.15) is 0 Å². The standard InChI is InChI=1S/C15H19IN2O2S/c1-20-13-8-7-10(9-12(13)16)14(19)18-15(21)17-11-5-3-2-4-6-11/h7-9,11H,2-6H2,1H3,(H2,17,18,19,21). The molecule has 114 valence electrons. The van der Waals surface area contributed by atoms with E-state index in [4.69, 9.17) is 17.0 Å². The van der Waals surface area contributed by atoms with E-state index in [9.17, 15) is 4.79 Å². The van der Waals surface area contributed by atoms with Crippen molar-refractivity contribution < 1.29 is 9.53 Å². The highest BCUT2D eigenvalue weighted by Crippen LogP contribution is 2.21. The van der Waals surface area contributed by atoms with E-state index in [1.807, 2.05) is 0 Å². The Hall–Kier alpha value is -0.890. The molecule has 4 nitrogen and oxygen atoms in total. The Morgan fingerprint density at radius 2 is 2.05 bits per heavy atom. The fourth-order valence-corrected chi connectivity index (χ4v) is 3.45. The summed E-state index contributed by atoms with van der Waals surface area (Å²) >= 11 is 7.37. The molecule has 0 aliphatic heterocycles. The molecule has 1 aromatic carbocycles. The number of halogens is 1. The molecule has 1 aliphatic rings. The predicted molar refractivity (Wildman–Crippen MR) is 95.8 cm³/mol. The second-order valence-electron chi connectivity index (χ2n) is 5.11. The molecule has 0 radical (unpaired) electrons. The lowest BCUT2D eigenvalue weighted by Crippen LogP contribution is -2.45. The summed E-state index contributed by atoms with van der Waals surface area (Å²) in [7, 11) is 1.61. The summed E-state index contributed by atoms with van der Waals surface area (Å²) in [6.45, 7) is 0. The van der Waals surface area contributed by atoms with E-state index < -0.39 is 0 Å². The number of ether oxygens (including phenoxy) is 1. The molecule has 1 fully saturated rings. The summed E-state index contributed by atoms with van der Waals surface area (Å²) in [6.07, 6.45) is 5.99. The van der Waals surface area contributed by atoms with Gasteiger partial charge in [0.2, 0.25) is 0 Å². The summed E-state index contributed by atoms with van der Waals surface area (Å²) < 4.78 is 6.08. The van der Waals surface area contributed by atoms with Gasteiger partial charge in [0.25, 0.3) is 5.91 Å². The molecule has 0 heterocycles. The van der Waals surface area contributed by atoms with Crippen LogP contribution in [0.3, 0.4) is 0 Å². The van der Waals surface area contributed by atoms with E-state index in [-0.39, 0.29) is 5.91 Å². The van der Waals surface area contributed by atoms with Crippen LogP contribution in [0.25, 0.3) is 0 Å². The number of methoxy groups -OCH3 is 1. The molecule has 0 saturated heterocycles. The van der Waals surface area contributed by atoms with Crippen LogP contribution in [0.2, 0.25) is 0 Å². The maximum absolute atomic E-state index is 12.2. The Labute approximate surface area is 144 Å². The smallest absolute Gasteiger partial charge is 0.257 e. The van der Waals surface area contributed by atoms with Crippen LogP contribution in [0.15, 0.2) is 18.2 Å². The second kappa shape index (κ2) is 7.93. The average Bonchev–Trinajstić information content (AvgIpc) is 2.48. The van der Waals surface area contributed by atoms with E-state index in [1.165, 1.54) is 19.3 Å². The molecule has 0 spiro atoms. The fourth-order valence-electron chi connectivity index (χ4n) is 2.45. The van der Waals surface area contributed by atoms with Crippen LogP contribution in [0, 0.1) is 3.57 Å². The van der Waals surface area contributed by atoms with Gasteiger partial charge in [-0.25, -0.2) is 0 Å². The SMILES string of the molecule is COc1ccc(C(=O)NC(=S)NC2CCCCC2)cc1I. The summed E-state index contributed by atoms with van der Waals surface area (Å²) in [6, 6.07) is 5.70. The second-order valence-corrected chi connectivity index (χ2v) is 6.68. The van der Waals surface area contributed by atoms with Crippen LogP contribution in [0.4, 0.5) is 0 Å². The normalized spacial score (nSPS) is 15.3. The maximum atomic E-state index is 12.2. The third-order valence-electron chi connectivity index (χ3n) is 3.58. The molecule has 1 aliphatic carbocycles. The van der Waals surface area contributed by atoms with E-state index in [1.54, 1.807) is 25.3 Å². The summed E-state index contributed by atoms with van der Waals surface area (Å²) in [5.74, 6) is 0.568. The highest BCUT2D eigenvalue weighted by Gasteiger charge is 2.16. The van der Waals surface area contributed by atoms with E-state index in [0.717, 1.165) is 22.2 Å². The summed E-state index contributed by atoms with van der Waals surface area (Å²) in [5, 5.41) is 6.39. The number of amides is 1. The van der Waals surface area contributed by atoms with Crippen molar-refractivity contribution in [2.75, 3.05) is 7.11 Å². The van der Waals surface area contributed by atoms with Crippen LogP contribution >= 0.6 is 34.8 Å². The van der Waals surface area contributed by atoms with Crippen LogP contribution in [-0.2, 0) is 0 Å². The molecule has 21 heavy (non-hydrogen) atoms. The number of rotatable bonds is 3. The maximum Gasteiger partial charge on any atom is 0.257 e. The molecule has 2 rings (SSSR count). The van der Waals surface area contributed by atoms with Gasteiger partial charge in [-0.1, -0.05) is 19.3 Å². The third-order valence-corrected chi connectivity index (χ3v) is 4.64. The zero-order valence-corrected chi connectivity index (χ0v) is 14.9. The van der Waals surface area contributed by atoms with Gasteiger partial charge in [-0.3, -0.25) is 10.1 Å². The Morgan fingerprint density at radius 1 is 1.33 bits per heavy atom. The van der Waals surface area contributed by atoms with Crippen molar-refractivity contribution in [3.63, 3.8) is 0 Å². The molecule has 0 bridgehead atoms. The molecular formula is C15H19IN2O2S. The molecule has 0 atom stereocenters. The van der Waals surface area contributed by atoms with Crippen LogP contribution in [0.5, 0.6) is 5.75 Å². The predicted octanol–water partition coefficient (Wildman–Crippen LogP) is 3.24. The fraction of sp³-hybridized carbons (Fsp3) is 0.467. The Morgan fingerprint density at radius 3 is 2.67 bits per heavy atom. The van der Waals surface area contributed by atoms with E-state index >= 15 is 0 Å². The van der Waals surface area contributed by atoms with Crippen molar-refractivity contribution in [2.24, 2.45) is 0 Å². The van der Waals surface area contributed by atoms with Gasteiger partial charge in [0.15, 0.2) is 5.11 Å². The van der Waals surface area contributed by atoms with Gasteiger partial charge in [0.1, 0.15) is 5.75 Å². The van der Waals surface area contributed by atoms with Crippen LogP contribution < -0.4 is 15.4 Å². The number of carbonyl (C=O) groups is 1. The zero-order valence-electron chi connectivity index (χ0n) is 11.9. The first-order valence-corrected chi connectivity index (χ1v) is 8.54. The number of hydrogen-bond donors (Lipinski definition) is 2. The van der Waals surface area contributed by atoms with Crippen molar-refractivity contribution in [1.82, 2.24) is 10.6 Å². The van der Waals surface area contributed by atoms with E-state index in [2.05, 4.69) is 33.2 Å². The van der Waals surface area contributed by atoms with E-state index in [0.29, 0.717) is 16.7 Å². The molecule has 1 aromatic rings. The molecule has 1 amide bonds. The van der Waals surface area contributed by atoms with Gasteiger partial charge in [-0.15, -0.1) is 0 Å². The molecule has 0 aromatic heterocycles. The first-order chi connectivity index (χ1) is 10.1. The lowest BCUT2D eigenvalue weighted by Gasteiger charge is -2.24. The molecule has 0 unspecified atom stereocenters. The number of hydrogen-bond acceptors (Lipinski definition) is 3. The Balaban J connectivity index is 1.91. The minimum Gasteiger partial charge on any atom is -0.496 e. The first-order valence-electron chi connectivity index (χ1n) is 7.05. The van der Waals surface area contributed by atoms with Crippen molar-refractivity contribution in [3.8, 4) is 5.75 Å². The monoisotopic (exact) mass is 418 g/mol. The Bertz CT molecular complexity index is 530. The lowest BCUT2D eigenvalue weighted by molar-refractivity contribution is 0.0976. The number of thiocarbonyl (C=S) groups is 1. The zero-order chi connectivity index (χ0) is 15.2. The third kappa shape index (κ3) is 4.81. The minimum atomic E-state index is -0.191. The van der Waals surface area contributed by atoms with Gasteiger partial charge in [-0.05, 0) is 65.8 Å². The topological polar surface area (TPSA) is 50.4 Å². The van der Waals surface area contributed by atoms with Gasteiger partial charge in [0, 0.05) is 11.6 Å². The first kappa shape index (κ1) is 16.5. The molecular weight excluding hydrogens is 399 g/mol. The number of carbonyl (C=O) groups excluding carboxylic acids is 1. The molecule has 2 N–H and O–H groups in total. The van der Waals surface area contributed by atoms with Gasteiger partial charge < -0.3 is 10.1 Å². The van der Waals surface area contributed by atoms with Crippen LogP contribution in [-0.4, -0.2) is 24.2 Å². The van der Waals surface area contributed by atoms with Crippen molar-refractivity contribution in [3.05, 3.63) is 27.3 Å². The quantitative estimate of drug-likeness (QED) is 0.585. The highest BCUT2D eigenvalue weighted by molar-refractivity contribution is 14.1. The van der Waals surface area contributed by atoms with Crippen LogP contribution in [0.1, 0.15) is 42.5 Å². The minimum absolute atomic E-state index is 0.191. The van der Waals surface area contributed by atoms with Crippen molar-refractivity contribution in [1.29, 1.82) is 0 Å². The largest absolute Gasteiger partial charge is 0.496 e. The summed E-state index contributed by atoms with van der Waals surface area (Å²) in [5.41, 5.74) is 0.577. The summed E-state index contributed by atoms with van der Waals surface area (Å²) in [4.78, 5) is 12.2.